The third-order valence-electron chi connectivity index (χ3n) is 6.61. The Bertz CT molecular complexity index is 1120. The van der Waals surface area contributed by atoms with Gasteiger partial charge in [0.25, 0.3) is 5.91 Å². The molecule has 1 aromatic carbocycles. The number of piperidine rings is 2. The van der Waals surface area contributed by atoms with Gasteiger partial charge >= 0.3 is 0 Å². The van der Waals surface area contributed by atoms with Crippen molar-refractivity contribution >= 4 is 34.4 Å². The number of nitrogens with two attached hydrogens (primary N) is 1. The average Bonchev–Trinajstić information content (AvgIpc) is 2.87. The lowest BCUT2D eigenvalue weighted by molar-refractivity contribution is 0.0724. The molecule has 3 aliphatic rings. The summed E-state index contributed by atoms with van der Waals surface area (Å²) in [6.07, 6.45) is 7.16. The zero-order valence-electron chi connectivity index (χ0n) is 19.1. The number of pyridine rings is 1. The van der Waals surface area contributed by atoms with E-state index >= 15 is 0 Å². The zero-order chi connectivity index (χ0) is 23.5. The standard InChI is InChI=1S/C24H30N6O3S/c25-23-22-19(27-34(32)28-23)7-4-8-20(22)33-16-17-6-5-13-30(15-17)21-14-18(9-10-26-21)24(31)29-11-2-1-3-12-29/h4,7-10,14,17,27H,1-3,5-6,11-13,15-16H2,(H2,25,28). The van der Waals surface area contributed by atoms with Crippen molar-refractivity contribution in [2.24, 2.45) is 16.0 Å². The molecule has 1 amide bonds. The normalized spacial score (nSPS) is 22.4. The summed E-state index contributed by atoms with van der Waals surface area (Å²) in [5.41, 5.74) is 8.05. The molecule has 2 unspecified atom stereocenters. The van der Waals surface area contributed by atoms with Crippen LogP contribution in [-0.2, 0) is 11.2 Å². The van der Waals surface area contributed by atoms with E-state index in [9.17, 15) is 9.00 Å². The number of carbonyl (C=O) groups is 1. The van der Waals surface area contributed by atoms with Gasteiger partial charge in [-0.05, 0) is 56.4 Å². The molecular formula is C24H30N6O3S. The van der Waals surface area contributed by atoms with Crippen LogP contribution < -0.4 is 20.1 Å². The number of fused-ring (bicyclic) bond motifs is 1. The minimum atomic E-state index is -1.56. The fraction of sp³-hybridized carbons (Fsp3) is 0.458. The van der Waals surface area contributed by atoms with Crippen LogP contribution in [0.4, 0.5) is 11.5 Å². The number of benzene rings is 1. The molecule has 9 nitrogen and oxygen atoms in total. The van der Waals surface area contributed by atoms with E-state index in [1.54, 1.807) is 6.20 Å². The van der Waals surface area contributed by atoms with Gasteiger partial charge in [-0.15, -0.1) is 0 Å². The first-order valence-corrected chi connectivity index (χ1v) is 13.0. The maximum Gasteiger partial charge on any atom is 0.254 e. The van der Waals surface area contributed by atoms with Crippen molar-refractivity contribution < 1.29 is 13.7 Å². The SMILES string of the molecule is NC1=NS(=O)Nc2cccc(OCC3CCCN(c4cc(C(=O)N5CCCCC5)ccn4)C3)c21. The highest BCUT2D eigenvalue weighted by Crippen LogP contribution is 2.31. The van der Waals surface area contributed by atoms with E-state index in [-0.39, 0.29) is 11.7 Å². The third kappa shape index (κ3) is 4.86. The Hall–Kier alpha value is -3.14. The molecule has 4 heterocycles. The highest BCUT2D eigenvalue weighted by Gasteiger charge is 2.25. The van der Waals surface area contributed by atoms with E-state index in [1.165, 1.54) is 6.42 Å². The number of aromatic nitrogens is 1. The van der Waals surface area contributed by atoms with Gasteiger partial charge in [0.2, 0.25) is 11.2 Å². The lowest BCUT2D eigenvalue weighted by atomic mass is 9.98. The molecule has 2 atom stereocenters. The van der Waals surface area contributed by atoms with Crippen LogP contribution in [0, 0.1) is 5.92 Å². The van der Waals surface area contributed by atoms with Crippen LogP contribution in [0.25, 0.3) is 0 Å². The van der Waals surface area contributed by atoms with Crippen molar-refractivity contribution in [3.63, 3.8) is 0 Å². The van der Waals surface area contributed by atoms with Gasteiger partial charge in [-0.25, -0.2) is 9.19 Å². The second-order valence-electron chi connectivity index (χ2n) is 9.03. The largest absolute Gasteiger partial charge is 0.492 e. The molecule has 0 saturated carbocycles. The maximum absolute atomic E-state index is 12.9. The molecule has 3 aliphatic heterocycles. The second kappa shape index (κ2) is 10.0. The smallest absolute Gasteiger partial charge is 0.254 e. The summed E-state index contributed by atoms with van der Waals surface area (Å²) in [5, 5.41) is 0. The Labute approximate surface area is 202 Å². The minimum Gasteiger partial charge on any atom is -0.492 e. The second-order valence-corrected chi connectivity index (χ2v) is 9.91. The van der Waals surface area contributed by atoms with E-state index in [4.69, 9.17) is 10.5 Å². The van der Waals surface area contributed by atoms with Gasteiger partial charge in [-0.2, -0.15) is 4.40 Å². The number of amides is 1. The summed E-state index contributed by atoms with van der Waals surface area (Å²) < 4.78 is 24.6. The van der Waals surface area contributed by atoms with Gasteiger partial charge in [-0.1, -0.05) is 6.07 Å². The summed E-state index contributed by atoms with van der Waals surface area (Å²) in [5.74, 6) is 2.09. The lowest BCUT2D eigenvalue weighted by Gasteiger charge is -2.34. The number of likely N-dealkylation sites (tertiary alicyclic amines) is 1. The van der Waals surface area contributed by atoms with Crippen LogP contribution in [-0.4, -0.2) is 58.6 Å². The molecule has 0 bridgehead atoms. The first-order chi connectivity index (χ1) is 16.6. The molecule has 0 radical (unpaired) electrons. The van der Waals surface area contributed by atoms with Crippen LogP contribution in [0.5, 0.6) is 5.75 Å². The first kappa shape index (κ1) is 22.6. The quantitative estimate of drug-likeness (QED) is 0.678. The Morgan fingerprint density at radius 3 is 2.88 bits per heavy atom. The summed E-state index contributed by atoms with van der Waals surface area (Å²) in [4.78, 5) is 21.7. The molecule has 5 rings (SSSR count). The van der Waals surface area contributed by atoms with Crippen LogP contribution in [0.3, 0.4) is 0 Å². The van der Waals surface area contributed by atoms with E-state index in [1.807, 2.05) is 35.2 Å². The number of ether oxygens (including phenoxy) is 1. The van der Waals surface area contributed by atoms with E-state index in [2.05, 4.69) is 19.0 Å². The average molecular weight is 483 g/mol. The first-order valence-electron chi connectivity index (χ1n) is 11.9. The number of nitrogens with zero attached hydrogens (tertiary/aromatic N) is 4. The van der Waals surface area contributed by atoms with Crippen molar-refractivity contribution in [2.45, 2.75) is 32.1 Å². The fourth-order valence-electron chi connectivity index (χ4n) is 4.87. The van der Waals surface area contributed by atoms with E-state index in [0.29, 0.717) is 35.1 Å². The number of rotatable bonds is 5. The molecular weight excluding hydrogens is 452 g/mol. The third-order valence-corrected chi connectivity index (χ3v) is 7.37. The van der Waals surface area contributed by atoms with Crippen LogP contribution >= 0.6 is 0 Å². The lowest BCUT2D eigenvalue weighted by Crippen LogP contribution is -2.39. The van der Waals surface area contributed by atoms with Crippen molar-refractivity contribution in [1.82, 2.24) is 9.88 Å². The molecule has 34 heavy (non-hydrogen) atoms. The van der Waals surface area contributed by atoms with Crippen molar-refractivity contribution in [3.05, 3.63) is 47.7 Å². The Morgan fingerprint density at radius 1 is 1.18 bits per heavy atom. The maximum atomic E-state index is 12.9. The van der Waals surface area contributed by atoms with Crippen molar-refractivity contribution in [2.75, 3.05) is 42.4 Å². The highest BCUT2D eigenvalue weighted by atomic mass is 32.2. The molecule has 0 spiro atoms. The zero-order valence-corrected chi connectivity index (χ0v) is 19.9. The molecule has 1 aromatic heterocycles. The highest BCUT2D eigenvalue weighted by molar-refractivity contribution is 7.85. The Kier molecular flexibility index (Phi) is 6.66. The summed E-state index contributed by atoms with van der Waals surface area (Å²) in [6, 6.07) is 9.26. The molecule has 0 aliphatic carbocycles. The monoisotopic (exact) mass is 482 g/mol. The fourth-order valence-corrected chi connectivity index (χ4v) is 5.55. The Morgan fingerprint density at radius 2 is 2.03 bits per heavy atom. The van der Waals surface area contributed by atoms with E-state index in [0.717, 1.165) is 57.7 Å². The van der Waals surface area contributed by atoms with Gasteiger partial charge in [-0.3, -0.25) is 9.52 Å². The Balaban J connectivity index is 1.24. The van der Waals surface area contributed by atoms with Gasteiger partial charge in [0.05, 0.1) is 17.9 Å². The van der Waals surface area contributed by atoms with Gasteiger partial charge in [0.1, 0.15) is 17.4 Å². The number of nitrogens with one attached hydrogen (secondary N) is 1. The summed E-state index contributed by atoms with van der Waals surface area (Å²) >= 11 is -1.56. The van der Waals surface area contributed by atoms with Crippen LogP contribution in [0.15, 0.2) is 40.9 Å². The topological polar surface area (TPSA) is 113 Å². The molecule has 2 aromatic rings. The molecule has 180 valence electrons. The van der Waals surface area contributed by atoms with Crippen molar-refractivity contribution in [3.8, 4) is 5.75 Å². The van der Waals surface area contributed by atoms with E-state index < -0.39 is 11.2 Å². The predicted molar refractivity (Wildman–Crippen MR) is 133 cm³/mol. The number of hydrogen-bond donors (Lipinski definition) is 2. The van der Waals surface area contributed by atoms with Crippen LogP contribution in [0.2, 0.25) is 0 Å². The van der Waals surface area contributed by atoms with Gasteiger partial charge in [0.15, 0.2) is 0 Å². The summed E-state index contributed by atoms with van der Waals surface area (Å²) in [6.45, 7) is 3.90. The van der Waals surface area contributed by atoms with Crippen molar-refractivity contribution in [1.29, 1.82) is 0 Å². The molecule has 2 saturated heterocycles. The number of hydrogen-bond acceptors (Lipinski definition) is 6. The number of anilines is 2. The number of carbonyl (C=O) groups excluding carboxylic acids is 1. The van der Waals surface area contributed by atoms with Gasteiger partial charge < -0.3 is 20.3 Å². The predicted octanol–water partition coefficient (Wildman–Crippen LogP) is 2.71. The molecule has 10 heteroatoms. The van der Waals surface area contributed by atoms with Gasteiger partial charge in [0, 0.05) is 43.9 Å². The minimum absolute atomic E-state index is 0.0999. The molecule has 2 fully saturated rings. The van der Waals surface area contributed by atoms with Crippen LogP contribution in [0.1, 0.15) is 48.0 Å². The number of amidine groups is 1. The molecule has 3 N–H and O–H groups in total. The summed E-state index contributed by atoms with van der Waals surface area (Å²) in [7, 11) is 0.